The number of hydrogen-bond donors (Lipinski definition) is 1. The zero-order valence-corrected chi connectivity index (χ0v) is 10.8. The van der Waals surface area contributed by atoms with Crippen LogP contribution in [0.3, 0.4) is 0 Å². The molecule has 0 radical (unpaired) electrons. The van der Waals surface area contributed by atoms with E-state index in [9.17, 15) is 0 Å². The molecule has 1 aliphatic rings. The first-order valence-electron chi connectivity index (χ1n) is 6.14. The summed E-state index contributed by atoms with van der Waals surface area (Å²) in [4.78, 5) is 0. The zero-order valence-electron chi connectivity index (χ0n) is 9.95. The van der Waals surface area contributed by atoms with Crippen LogP contribution in [0, 0.1) is 5.92 Å². The largest absolute Gasteiger partial charge is 0.472 e. The van der Waals surface area contributed by atoms with E-state index in [1.54, 1.807) is 6.26 Å². The Balaban J connectivity index is 1.80. The van der Waals surface area contributed by atoms with Gasteiger partial charge in [0.05, 0.1) is 12.5 Å². The number of hydrogen-bond acceptors (Lipinski definition) is 3. The topological polar surface area (TPSA) is 25.2 Å². The van der Waals surface area contributed by atoms with Crippen molar-refractivity contribution < 1.29 is 4.42 Å². The van der Waals surface area contributed by atoms with Gasteiger partial charge in [-0.15, -0.1) is 0 Å². The van der Waals surface area contributed by atoms with E-state index in [4.69, 9.17) is 4.42 Å². The van der Waals surface area contributed by atoms with Crippen molar-refractivity contribution in [3.63, 3.8) is 0 Å². The minimum absolute atomic E-state index is 0.602. The molecular weight excluding hydrogens is 218 g/mol. The molecule has 0 spiro atoms. The van der Waals surface area contributed by atoms with Gasteiger partial charge in [-0.3, -0.25) is 0 Å². The molecule has 2 rings (SSSR count). The molecule has 90 valence electrons. The summed E-state index contributed by atoms with van der Waals surface area (Å²) in [5.74, 6) is 3.63. The van der Waals surface area contributed by atoms with Gasteiger partial charge in [0.15, 0.2) is 0 Å². The molecule has 2 nitrogen and oxygen atoms in total. The number of rotatable bonds is 5. The van der Waals surface area contributed by atoms with Crippen LogP contribution >= 0.6 is 11.8 Å². The standard InChI is InChI=1S/C13H21NOS/c1-14-13(9-12-2-5-15-10-12)8-11-3-6-16-7-4-11/h2,5,10-11,13-14H,3-4,6-9H2,1H3. The summed E-state index contributed by atoms with van der Waals surface area (Å²) < 4.78 is 5.12. The fourth-order valence-corrected chi connectivity index (χ4v) is 3.59. The van der Waals surface area contributed by atoms with Gasteiger partial charge >= 0.3 is 0 Å². The third kappa shape index (κ3) is 3.56. The van der Waals surface area contributed by atoms with Gasteiger partial charge in [-0.25, -0.2) is 0 Å². The molecular formula is C13H21NOS. The maximum atomic E-state index is 5.12. The highest BCUT2D eigenvalue weighted by Crippen LogP contribution is 2.27. The highest BCUT2D eigenvalue weighted by atomic mass is 32.2. The fraction of sp³-hybridized carbons (Fsp3) is 0.692. The average Bonchev–Trinajstić information content (AvgIpc) is 2.82. The molecule has 1 fully saturated rings. The summed E-state index contributed by atoms with van der Waals surface area (Å²) >= 11 is 2.10. The Labute approximate surface area is 102 Å². The lowest BCUT2D eigenvalue weighted by molar-refractivity contribution is 0.375. The second kappa shape index (κ2) is 6.36. The van der Waals surface area contributed by atoms with E-state index in [-0.39, 0.29) is 0 Å². The summed E-state index contributed by atoms with van der Waals surface area (Å²) in [6.07, 6.45) is 8.82. The molecule has 0 bridgehead atoms. The van der Waals surface area contributed by atoms with E-state index in [0.29, 0.717) is 6.04 Å². The predicted octanol–water partition coefficient (Wildman–Crippen LogP) is 2.94. The molecule has 3 heteroatoms. The smallest absolute Gasteiger partial charge is 0.0935 e. The van der Waals surface area contributed by atoms with E-state index in [2.05, 4.69) is 30.2 Å². The van der Waals surface area contributed by atoms with Crippen LogP contribution in [-0.4, -0.2) is 24.6 Å². The monoisotopic (exact) mass is 239 g/mol. The van der Waals surface area contributed by atoms with Gasteiger partial charge < -0.3 is 9.73 Å². The third-order valence-corrected chi connectivity index (χ3v) is 4.48. The molecule has 0 amide bonds. The van der Waals surface area contributed by atoms with Crippen molar-refractivity contribution in [1.82, 2.24) is 5.32 Å². The molecule has 1 aromatic rings. The van der Waals surface area contributed by atoms with Crippen LogP contribution in [0.5, 0.6) is 0 Å². The highest BCUT2D eigenvalue weighted by Gasteiger charge is 2.18. The lowest BCUT2D eigenvalue weighted by Crippen LogP contribution is -2.31. The molecule has 1 saturated heterocycles. The van der Waals surface area contributed by atoms with Gasteiger partial charge in [-0.05, 0) is 61.8 Å². The van der Waals surface area contributed by atoms with Crippen molar-refractivity contribution >= 4 is 11.8 Å². The number of nitrogens with one attached hydrogen (secondary N) is 1. The molecule has 1 atom stereocenters. The lowest BCUT2D eigenvalue weighted by Gasteiger charge is -2.26. The second-order valence-corrected chi connectivity index (χ2v) is 5.84. The summed E-state index contributed by atoms with van der Waals surface area (Å²) in [5.41, 5.74) is 1.31. The molecule has 0 aromatic carbocycles. The van der Waals surface area contributed by atoms with Crippen molar-refractivity contribution in [2.45, 2.75) is 31.7 Å². The van der Waals surface area contributed by atoms with Gasteiger partial charge in [-0.1, -0.05) is 0 Å². The third-order valence-electron chi connectivity index (χ3n) is 3.43. The van der Waals surface area contributed by atoms with Crippen LogP contribution in [0.15, 0.2) is 23.0 Å². The highest BCUT2D eigenvalue weighted by molar-refractivity contribution is 7.99. The molecule has 1 N–H and O–H groups in total. The van der Waals surface area contributed by atoms with Crippen LogP contribution in [0.1, 0.15) is 24.8 Å². The Hall–Kier alpha value is -0.410. The Morgan fingerprint density at radius 3 is 2.94 bits per heavy atom. The molecule has 0 saturated carbocycles. The first-order chi connectivity index (χ1) is 7.88. The SMILES string of the molecule is CNC(Cc1ccoc1)CC1CCSCC1. The molecule has 2 heterocycles. The number of furan rings is 1. The zero-order chi connectivity index (χ0) is 11.2. The van der Waals surface area contributed by atoms with E-state index in [0.717, 1.165) is 12.3 Å². The molecule has 0 aliphatic carbocycles. The van der Waals surface area contributed by atoms with Crippen LogP contribution in [0.4, 0.5) is 0 Å². The molecule has 1 unspecified atom stereocenters. The fourth-order valence-electron chi connectivity index (χ4n) is 2.38. The van der Waals surface area contributed by atoms with Gasteiger partial charge in [0.2, 0.25) is 0 Å². The lowest BCUT2D eigenvalue weighted by atomic mass is 9.92. The van der Waals surface area contributed by atoms with Crippen molar-refractivity contribution in [2.24, 2.45) is 5.92 Å². The number of likely N-dealkylation sites (N-methyl/N-ethyl adjacent to an activating group) is 1. The normalized spacial score (nSPS) is 19.8. The Morgan fingerprint density at radius 1 is 1.50 bits per heavy atom. The van der Waals surface area contributed by atoms with Gasteiger partial charge in [0.1, 0.15) is 0 Å². The Morgan fingerprint density at radius 2 is 2.31 bits per heavy atom. The summed E-state index contributed by atoms with van der Waals surface area (Å²) in [6.45, 7) is 0. The van der Waals surface area contributed by atoms with Crippen molar-refractivity contribution in [1.29, 1.82) is 0 Å². The van der Waals surface area contributed by atoms with E-state index in [1.165, 1.54) is 36.3 Å². The maximum Gasteiger partial charge on any atom is 0.0935 e. The summed E-state index contributed by atoms with van der Waals surface area (Å²) in [6, 6.07) is 2.67. The summed E-state index contributed by atoms with van der Waals surface area (Å²) in [7, 11) is 2.07. The molecule has 1 aliphatic heterocycles. The van der Waals surface area contributed by atoms with Gasteiger partial charge in [0.25, 0.3) is 0 Å². The first kappa shape index (κ1) is 12.1. The molecule has 16 heavy (non-hydrogen) atoms. The minimum atomic E-state index is 0.602. The quantitative estimate of drug-likeness (QED) is 0.855. The Kier molecular flexibility index (Phi) is 4.79. The number of thioether (sulfide) groups is 1. The van der Waals surface area contributed by atoms with Crippen LogP contribution in [0.2, 0.25) is 0 Å². The van der Waals surface area contributed by atoms with Crippen molar-refractivity contribution in [2.75, 3.05) is 18.6 Å². The van der Waals surface area contributed by atoms with Crippen LogP contribution in [-0.2, 0) is 6.42 Å². The second-order valence-electron chi connectivity index (χ2n) is 4.61. The minimum Gasteiger partial charge on any atom is -0.472 e. The van der Waals surface area contributed by atoms with Crippen LogP contribution in [0.25, 0.3) is 0 Å². The Bertz CT molecular complexity index is 280. The van der Waals surface area contributed by atoms with E-state index >= 15 is 0 Å². The molecule has 1 aromatic heterocycles. The maximum absolute atomic E-state index is 5.12. The van der Waals surface area contributed by atoms with Gasteiger partial charge in [0, 0.05) is 6.04 Å². The van der Waals surface area contributed by atoms with Crippen molar-refractivity contribution in [3.8, 4) is 0 Å². The predicted molar refractivity (Wildman–Crippen MR) is 69.9 cm³/mol. The van der Waals surface area contributed by atoms with Crippen molar-refractivity contribution in [3.05, 3.63) is 24.2 Å². The van der Waals surface area contributed by atoms with Gasteiger partial charge in [-0.2, -0.15) is 11.8 Å². The summed E-state index contributed by atoms with van der Waals surface area (Å²) in [5, 5.41) is 3.44. The van der Waals surface area contributed by atoms with E-state index in [1.807, 2.05) is 6.26 Å². The average molecular weight is 239 g/mol. The van der Waals surface area contributed by atoms with Crippen LogP contribution < -0.4 is 5.32 Å². The van der Waals surface area contributed by atoms with E-state index < -0.39 is 0 Å². The first-order valence-corrected chi connectivity index (χ1v) is 7.30.